The van der Waals surface area contributed by atoms with Crippen molar-refractivity contribution in [3.05, 3.63) is 24.4 Å². The Hall–Kier alpha value is -0.890. The lowest BCUT2D eigenvalue weighted by molar-refractivity contribution is 0.454. The van der Waals surface area contributed by atoms with Crippen LogP contribution in [0.4, 0.5) is 0 Å². The fourth-order valence-corrected chi connectivity index (χ4v) is 2.14. The minimum Gasteiger partial charge on any atom is -0.319 e. The van der Waals surface area contributed by atoms with Gasteiger partial charge in [-0.3, -0.25) is 4.99 Å². The van der Waals surface area contributed by atoms with Crippen LogP contribution in [0.3, 0.4) is 0 Å². The van der Waals surface area contributed by atoms with E-state index in [1.807, 2.05) is 7.05 Å². The average Bonchev–Trinajstić information content (AvgIpc) is 2.28. The van der Waals surface area contributed by atoms with Crippen LogP contribution in [0.5, 0.6) is 0 Å². The topological polar surface area (TPSA) is 24.4 Å². The number of rotatable bonds is 5. The van der Waals surface area contributed by atoms with Gasteiger partial charge in [0, 0.05) is 11.9 Å². The fourth-order valence-electron chi connectivity index (χ4n) is 2.14. The number of hydrogen-bond donors (Lipinski definition) is 1. The lowest BCUT2D eigenvalue weighted by atomic mass is 9.87. The Balaban J connectivity index is 2.58. The zero-order valence-electron chi connectivity index (χ0n) is 9.92. The van der Waals surface area contributed by atoms with E-state index in [4.69, 9.17) is 0 Å². The van der Waals surface area contributed by atoms with Gasteiger partial charge in [0.2, 0.25) is 0 Å². The Morgan fingerprint density at radius 3 is 3.00 bits per heavy atom. The second-order valence-electron chi connectivity index (χ2n) is 4.04. The van der Waals surface area contributed by atoms with E-state index in [1.165, 1.54) is 30.5 Å². The molecule has 2 nitrogen and oxygen atoms in total. The molecule has 0 aromatic rings. The molecule has 0 amide bonds. The zero-order chi connectivity index (χ0) is 11.1. The number of allylic oxidation sites excluding steroid dienone is 2. The summed E-state index contributed by atoms with van der Waals surface area (Å²) in [6.07, 6.45) is 8.66. The Kier molecular flexibility index (Phi) is 5.33. The van der Waals surface area contributed by atoms with Gasteiger partial charge in [-0.25, -0.2) is 0 Å². The third-order valence-corrected chi connectivity index (χ3v) is 2.96. The molecule has 1 atom stereocenters. The van der Waals surface area contributed by atoms with Gasteiger partial charge in [0.15, 0.2) is 0 Å². The number of aliphatic imine (C=N–C) groups is 1. The molecule has 0 spiro atoms. The molecule has 1 unspecified atom stereocenters. The van der Waals surface area contributed by atoms with Crippen molar-refractivity contribution in [3.8, 4) is 0 Å². The molecule has 0 bridgehead atoms. The van der Waals surface area contributed by atoms with E-state index in [2.05, 4.69) is 29.9 Å². The molecule has 0 aliphatic heterocycles. The third-order valence-electron chi connectivity index (χ3n) is 2.96. The highest BCUT2D eigenvalue weighted by Gasteiger charge is 2.15. The van der Waals surface area contributed by atoms with Crippen molar-refractivity contribution in [1.29, 1.82) is 0 Å². The first-order valence-corrected chi connectivity index (χ1v) is 5.83. The van der Waals surface area contributed by atoms with Crippen molar-refractivity contribution in [2.45, 2.75) is 32.6 Å². The Morgan fingerprint density at radius 2 is 2.53 bits per heavy atom. The Labute approximate surface area is 93.2 Å². The van der Waals surface area contributed by atoms with E-state index in [1.54, 1.807) is 6.20 Å². The van der Waals surface area contributed by atoms with Gasteiger partial charge in [0.25, 0.3) is 0 Å². The second-order valence-corrected chi connectivity index (χ2v) is 4.04. The summed E-state index contributed by atoms with van der Waals surface area (Å²) in [4.78, 5) is 4.33. The van der Waals surface area contributed by atoms with Crippen LogP contribution in [0.15, 0.2) is 29.4 Å². The maximum absolute atomic E-state index is 4.33. The van der Waals surface area contributed by atoms with E-state index in [9.17, 15) is 0 Å². The molecular weight excluding hydrogens is 184 g/mol. The van der Waals surface area contributed by atoms with Gasteiger partial charge < -0.3 is 5.32 Å². The predicted octanol–water partition coefficient (Wildman–Crippen LogP) is 2.93. The molecule has 1 rings (SSSR count). The molecule has 2 heteroatoms. The van der Waals surface area contributed by atoms with E-state index in [0.717, 1.165) is 18.9 Å². The first-order valence-electron chi connectivity index (χ1n) is 5.83. The highest BCUT2D eigenvalue weighted by molar-refractivity contribution is 6.00. The van der Waals surface area contributed by atoms with Crippen LogP contribution in [-0.2, 0) is 0 Å². The largest absolute Gasteiger partial charge is 0.319 e. The summed E-state index contributed by atoms with van der Waals surface area (Å²) in [5, 5.41) is 3.24. The van der Waals surface area contributed by atoms with Crippen molar-refractivity contribution >= 4 is 5.71 Å². The van der Waals surface area contributed by atoms with Crippen molar-refractivity contribution < 1.29 is 0 Å². The standard InChI is InChI=1S/C13H22N2/c1-4-13(15-5-2)12-8-6-11(7-9-12)10-14-3/h5,8,11,14H,2,4,6-7,9-10H2,1,3H3. The minimum atomic E-state index is 0.806. The van der Waals surface area contributed by atoms with E-state index in [-0.39, 0.29) is 0 Å². The molecule has 1 aliphatic rings. The van der Waals surface area contributed by atoms with Gasteiger partial charge in [-0.2, -0.15) is 0 Å². The Bertz CT molecular complexity index is 264. The Morgan fingerprint density at radius 1 is 1.73 bits per heavy atom. The molecule has 15 heavy (non-hydrogen) atoms. The number of nitrogens with one attached hydrogen (secondary N) is 1. The monoisotopic (exact) mass is 206 g/mol. The third kappa shape index (κ3) is 3.63. The lowest BCUT2D eigenvalue weighted by Crippen LogP contribution is -2.21. The van der Waals surface area contributed by atoms with Gasteiger partial charge in [-0.1, -0.05) is 19.6 Å². The van der Waals surface area contributed by atoms with Crippen molar-refractivity contribution in [3.63, 3.8) is 0 Å². The van der Waals surface area contributed by atoms with Gasteiger partial charge >= 0.3 is 0 Å². The van der Waals surface area contributed by atoms with Gasteiger partial charge in [-0.05, 0) is 50.8 Å². The lowest BCUT2D eigenvalue weighted by Gasteiger charge is -2.22. The zero-order valence-corrected chi connectivity index (χ0v) is 9.92. The summed E-state index contributed by atoms with van der Waals surface area (Å²) >= 11 is 0. The number of nitrogens with zero attached hydrogens (tertiary/aromatic N) is 1. The van der Waals surface area contributed by atoms with Gasteiger partial charge in [-0.15, -0.1) is 0 Å². The molecule has 0 saturated heterocycles. The summed E-state index contributed by atoms with van der Waals surface area (Å²) in [7, 11) is 2.02. The first-order chi connectivity index (χ1) is 7.31. The van der Waals surface area contributed by atoms with Crippen LogP contribution in [0, 0.1) is 5.92 Å². The maximum atomic E-state index is 4.33. The van der Waals surface area contributed by atoms with Crippen LogP contribution in [0.2, 0.25) is 0 Å². The van der Waals surface area contributed by atoms with E-state index in [0.29, 0.717) is 0 Å². The highest BCUT2D eigenvalue weighted by atomic mass is 14.8. The molecule has 0 saturated carbocycles. The quantitative estimate of drug-likeness (QED) is 0.687. The van der Waals surface area contributed by atoms with Gasteiger partial charge in [0.1, 0.15) is 0 Å². The smallest absolute Gasteiger partial charge is 0.0429 e. The van der Waals surface area contributed by atoms with E-state index < -0.39 is 0 Å². The molecule has 0 heterocycles. The molecule has 84 valence electrons. The van der Waals surface area contributed by atoms with Crippen molar-refractivity contribution in [2.75, 3.05) is 13.6 Å². The highest BCUT2D eigenvalue weighted by Crippen LogP contribution is 2.24. The van der Waals surface area contributed by atoms with E-state index >= 15 is 0 Å². The minimum absolute atomic E-state index is 0.806. The molecule has 0 fully saturated rings. The normalized spacial score (nSPS) is 22.4. The summed E-state index contributed by atoms with van der Waals surface area (Å²) < 4.78 is 0. The molecule has 0 aromatic heterocycles. The van der Waals surface area contributed by atoms with Crippen LogP contribution in [-0.4, -0.2) is 19.3 Å². The number of hydrogen-bond acceptors (Lipinski definition) is 2. The maximum Gasteiger partial charge on any atom is 0.0429 e. The molecule has 1 N–H and O–H groups in total. The summed E-state index contributed by atoms with van der Waals surface area (Å²) in [5.41, 5.74) is 2.65. The predicted molar refractivity (Wildman–Crippen MR) is 67.3 cm³/mol. The molecular formula is C13H22N2. The second kappa shape index (κ2) is 6.57. The van der Waals surface area contributed by atoms with Crippen molar-refractivity contribution in [1.82, 2.24) is 5.32 Å². The summed E-state index contributed by atoms with van der Waals surface area (Å²) in [6.45, 7) is 6.95. The SMILES string of the molecule is C=CN=C(CC)C1=CCC(CNC)CC1. The fraction of sp³-hybridized carbons (Fsp3) is 0.615. The molecule has 0 aromatic carbocycles. The van der Waals surface area contributed by atoms with Crippen LogP contribution in [0.25, 0.3) is 0 Å². The van der Waals surface area contributed by atoms with Crippen LogP contribution < -0.4 is 5.32 Å². The summed E-state index contributed by atoms with van der Waals surface area (Å²) in [5.74, 6) is 0.806. The molecule has 1 aliphatic carbocycles. The van der Waals surface area contributed by atoms with Crippen molar-refractivity contribution in [2.24, 2.45) is 10.9 Å². The average molecular weight is 206 g/mol. The van der Waals surface area contributed by atoms with Gasteiger partial charge in [0.05, 0.1) is 0 Å². The first kappa shape index (κ1) is 12.2. The molecule has 0 radical (unpaired) electrons. The van der Waals surface area contributed by atoms with Crippen LogP contribution in [0.1, 0.15) is 32.6 Å². The van der Waals surface area contributed by atoms with Crippen LogP contribution >= 0.6 is 0 Å². The summed E-state index contributed by atoms with van der Waals surface area (Å²) in [6, 6.07) is 0.